The summed E-state index contributed by atoms with van der Waals surface area (Å²) < 4.78 is 0. The zero-order valence-electron chi connectivity index (χ0n) is 25.2. The summed E-state index contributed by atoms with van der Waals surface area (Å²) in [5.41, 5.74) is 9.94. The van der Waals surface area contributed by atoms with E-state index in [2.05, 4.69) is 51.7 Å². The topological polar surface area (TPSA) is 113 Å². The molecule has 8 heteroatoms. The number of carbonyl (C=O) groups excluding carboxylic acids is 2. The summed E-state index contributed by atoms with van der Waals surface area (Å²) in [6.45, 7) is 2.88. The second kappa shape index (κ2) is 13.1. The number of nitrogens with two attached hydrogens (primary N) is 1. The maximum absolute atomic E-state index is 13.1. The lowest BCUT2D eigenvalue weighted by Crippen LogP contribution is -2.54. The number of aromatic nitrogens is 2. The largest absolute Gasteiger partial charge is 0.364 e. The van der Waals surface area contributed by atoms with Gasteiger partial charge in [0.05, 0.1) is 6.20 Å². The van der Waals surface area contributed by atoms with Gasteiger partial charge in [-0.3, -0.25) is 9.59 Å². The summed E-state index contributed by atoms with van der Waals surface area (Å²) in [6, 6.07) is 16.3. The van der Waals surface area contributed by atoms with Crippen LogP contribution in [0.2, 0.25) is 0 Å². The minimum absolute atomic E-state index is 0.00605. The van der Waals surface area contributed by atoms with Crippen molar-refractivity contribution in [3.05, 3.63) is 77.1 Å². The van der Waals surface area contributed by atoms with Gasteiger partial charge in [-0.15, -0.1) is 0 Å². The molecule has 4 N–H and O–H groups in total. The van der Waals surface area contributed by atoms with E-state index in [9.17, 15) is 9.59 Å². The smallest absolute Gasteiger partial charge is 0.271 e. The molecule has 0 spiro atoms. The Bertz CT molecular complexity index is 1410. The Balaban J connectivity index is 1.12. The number of piperidine rings is 1. The predicted octanol–water partition coefficient (Wildman–Crippen LogP) is 6.50. The number of rotatable bonds is 10. The Morgan fingerprint density at radius 1 is 0.930 bits per heavy atom. The van der Waals surface area contributed by atoms with E-state index in [4.69, 9.17) is 10.7 Å². The van der Waals surface area contributed by atoms with Gasteiger partial charge in [0.1, 0.15) is 5.82 Å². The Morgan fingerprint density at radius 3 is 2.37 bits per heavy atom. The van der Waals surface area contributed by atoms with Gasteiger partial charge in [-0.2, -0.15) is 0 Å². The highest BCUT2D eigenvalue weighted by Gasteiger charge is 2.31. The third kappa shape index (κ3) is 7.17. The molecule has 3 aromatic rings. The number of nitrogens with one attached hydrogen (secondary N) is 2. The van der Waals surface area contributed by atoms with Crippen molar-refractivity contribution in [2.45, 2.75) is 95.6 Å². The number of carbonyl (C=O) groups is 2. The second-order valence-electron chi connectivity index (χ2n) is 12.7. The first-order chi connectivity index (χ1) is 20.9. The fourth-order valence-electron chi connectivity index (χ4n) is 6.76. The third-order valence-electron chi connectivity index (χ3n) is 9.60. The number of benzene rings is 2. The first-order valence-corrected chi connectivity index (χ1v) is 16.1. The molecule has 43 heavy (non-hydrogen) atoms. The summed E-state index contributed by atoms with van der Waals surface area (Å²) in [5, 5.41) is 6.54. The van der Waals surface area contributed by atoms with Gasteiger partial charge in [0.15, 0.2) is 11.5 Å². The monoisotopic (exact) mass is 580 g/mol. The van der Waals surface area contributed by atoms with Crippen LogP contribution in [-0.4, -0.2) is 40.4 Å². The van der Waals surface area contributed by atoms with Gasteiger partial charge in [-0.1, -0.05) is 56.4 Å². The van der Waals surface area contributed by atoms with Crippen LogP contribution in [0.25, 0.3) is 0 Å². The van der Waals surface area contributed by atoms with Crippen LogP contribution in [0.3, 0.4) is 0 Å². The van der Waals surface area contributed by atoms with E-state index < -0.39 is 5.91 Å². The van der Waals surface area contributed by atoms with Gasteiger partial charge >= 0.3 is 0 Å². The van der Waals surface area contributed by atoms with Crippen LogP contribution < -0.4 is 21.3 Å². The molecule has 1 saturated heterocycles. The molecule has 2 atom stereocenters. The number of anilines is 3. The second-order valence-corrected chi connectivity index (χ2v) is 12.7. The van der Waals surface area contributed by atoms with E-state index in [0.29, 0.717) is 23.1 Å². The van der Waals surface area contributed by atoms with Crippen molar-refractivity contribution >= 4 is 29.1 Å². The Hall–Kier alpha value is -3.94. The molecule has 0 bridgehead atoms. The van der Waals surface area contributed by atoms with Crippen LogP contribution in [0, 0.1) is 5.92 Å². The van der Waals surface area contributed by atoms with Crippen molar-refractivity contribution in [2.24, 2.45) is 11.7 Å². The first-order valence-electron chi connectivity index (χ1n) is 16.1. The van der Waals surface area contributed by atoms with Crippen LogP contribution in [0.1, 0.15) is 109 Å². The number of primary amides is 1. The maximum Gasteiger partial charge on any atom is 0.271 e. The number of nitrogens with zero attached hydrogens (tertiary/aromatic N) is 3. The van der Waals surface area contributed by atoms with Crippen molar-refractivity contribution in [3.8, 4) is 0 Å². The number of amides is 2. The molecule has 2 heterocycles. The summed E-state index contributed by atoms with van der Waals surface area (Å²) in [5.74, 6) is 1.83. The lowest BCUT2D eigenvalue weighted by molar-refractivity contribution is 0.0923. The standard InChI is InChI=1S/C35H44N6O2/c1-23-30(39-35(43)28-17-15-27(16-18-28)26-13-14-26)8-5-21-41(23)31-22-37-32(33(36)42)34(40-31)38-29-19-11-25(12-20-29)10-9-24-6-3-2-4-7-24/h11-12,15-20,22-24,26,30H,2-10,13-14,21H2,1H3,(H2,36,42)(H,38,40)(H,39,43)/t23-,30-/m1/s1. The Morgan fingerprint density at radius 2 is 1.67 bits per heavy atom. The molecule has 6 rings (SSSR count). The van der Waals surface area contributed by atoms with E-state index in [1.807, 2.05) is 24.3 Å². The molecular weight excluding hydrogens is 536 g/mol. The van der Waals surface area contributed by atoms with Gasteiger partial charge in [-0.25, -0.2) is 9.97 Å². The molecular formula is C35H44N6O2. The molecule has 226 valence electrons. The van der Waals surface area contributed by atoms with Gasteiger partial charge in [0, 0.05) is 29.9 Å². The van der Waals surface area contributed by atoms with Crippen molar-refractivity contribution in [3.63, 3.8) is 0 Å². The Kier molecular flexibility index (Phi) is 8.91. The predicted molar refractivity (Wildman–Crippen MR) is 171 cm³/mol. The van der Waals surface area contributed by atoms with Gasteiger partial charge in [-0.05, 0) is 92.7 Å². The number of hydrogen-bond donors (Lipinski definition) is 3. The van der Waals surface area contributed by atoms with E-state index in [0.717, 1.165) is 37.4 Å². The van der Waals surface area contributed by atoms with Crippen LogP contribution in [0.4, 0.5) is 17.3 Å². The van der Waals surface area contributed by atoms with Crippen molar-refractivity contribution in [1.82, 2.24) is 15.3 Å². The number of aryl methyl sites for hydroxylation is 1. The van der Waals surface area contributed by atoms with Crippen molar-refractivity contribution < 1.29 is 9.59 Å². The van der Waals surface area contributed by atoms with Gasteiger partial charge < -0.3 is 21.3 Å². The van der Waals surface area contributed by atoms with E-state index in [1.165, 1.54) is 62.5 Å². The molecule has 1 aliphatic heterocycles. The summed E-state index contributed by atoms with van der Waals surface area (Å²) >= 11 is 0. The fraction of sp³-hybridized carbons (Fsp3) is 0.486. The molecule has 2 aromatic carbocycles. The zero-order valence-corrected chi connectivity index (χ0v) is 25.2. The molecule has 3 fully saturated rings. The molecule has 2 amide bonds. The molecule has 0 unspecified atom stereocenters. The molecule has 3 aliphatic rings. The lowest BCUT2D eigenvalue weighted by atomic mass is 9.85. The average molecular weight is 581 g/mol. The lowest BCUT2D eigenvalue weighted by Gasteiger charge is -2.40. The quantitative estimate of drug-likeness (QED) is 0.252. The third-order valence-corrected chi connectivity index (χ3v) is 9.60. The van der Waals surface area contributed by atoms with E-state index in [-0.39, 0.29) is 23.7 Å². The Labute approximate surface area is 254 Å². The summed E-state index contributed by atoms with van der Waals surface area (Å²) in [4.78, 5) is 36.7. The SMILES string of the molecule is C[C@@H]1[C@H](NC(=O)c2ccc(C3CC3)cc2)CCCN1c1cnc(C(N)=O)c(Nc2ccc(CCC3CCCCC3)cc2)n1. The molecule has 1 aromatic heterocycles. The molecule has 8 nitrogen and oxygen atoms in total. The highest BCUT2D eigenvalue weighted by molar-refractivity contribution is 5.96. The number of hydrogen-bond acceptors (Lipinski definition) is 6. The van der Waals surface area contributed by atoms with E-state index in [1.54, 1.807) is 6.20 Å². The van der Waals surface area contributed by atoms with Crippen molar-refractivity contribution in [1.29, 1.82) is 0 Å². The summed E-state index contributed by atoms with van der Waals surface area (Å²) in [7, 11) is 0. The van der Waals surface area contributed by atoms with E-state index >= 15 is 0 Å². The molecule has 0 radical (unpaired) electrons. The highest BCUT2D eigenvalue weighted by Crippen LogP contribution is 2.40. The minimum Gasteiger partial charge on any atom is -0.364 e. The van der Waals surface area contributed by atoms with Crippen LogP contribution >= 0.6 is 0 Å². The maximum atomic E-state index is 13.1. The highest BCUT2D eigenvalue weighted by atomic mass is 16.2. The van der Waals surface area contributed by atoms with Crippen molar-refractivity contribution in [2.75, 3.05) is 16.8 Å². The fourth-order valence-corrected chi connectivity index (χ4v) is 6.76. The van der Waals surface area contributed by atoms with Gasteiger partial charge in [0.25, 0.3) is 11.8 Å². The summed E-state index contributed by atoms with van der Waals surface area (Å²) in [6.07, 6.45) is 15.1. The zero-order chi connectivity index (χ0) is 29.8. The molecule has 2 aliphatic carbocycles. The minimum atomic E-state index is -0.629. The van der Waals surface area contributed by atoms with Gasteiger partial charge in [0.2, 0.25) is 0 Å². The van der Waals surface area contributed by atoms with Crippen LogP contribution in [0.5, 0.6) is 0 Å². The van der Waals surface area contributed by atoms with Crippen LogP contribution in [-0.2, 0) is 6.42 Å². The first kappa shape index (κ1) is 29.1. The normalized spacial score (nSPS) is 20.9. The molecule has 2 saturated carbocycles. The van der Waals surface area contributed by atoms with Crippen LogP contribution in [0.15, 0.2) is 54.7 Å². The average Bonchev–Trinajstić information content (AvgIpc) is 3.88.